The maximum atomic E-state index is 11.9. The Morgan fingerprint density at radius 3 is 1.90 bits per heavy atom. The molecule has 0 heterocycles. The molecule has 0 aliphatic carbocycles. The minimum absolute atomic E-state index is 0.0101. The maximum Gasteiger partial charge on any atom is 0.347 e. The van der Waals surface area contributed by atoms with Crippen molar-refractivity contribution < 1.29 is 14.9 Å². The molecule has 3 heteroatoms. The van der Waals surface area contributed by atoms with E-state index >= 15 is 0 Å². The summed E-state index contributed by atoms with van der Waals surface area (Å²) in [6, 6.07) is 0. The molecule has 0 spiro atoms. The van der Waals surface area contributed by atoms with Gasteiger partial charge >= 0.3 is 5.97 Å². The van der Waals surface area contributed by atoms with Crippen LogP contribution >= 0.6 is 0 Å². The third kappa shape index (κ3) is 5.82. The molecule has 3 nitrogen and oxygen atoms in total. The van der Waals surface area contributed by atoms with Crippen LogP contribution in [0.2, 0.25) is 0 Å². The van der Waals surface area contributed by atoms with Crippen LogP contribution in [0, 0.1) is 28.6 Å². The van der Waals surface area contributed by atoms with Crippen LogP contribution in [-0.4, -0.2) is 11.2 Å². The van der Waals surface area contributed by atoms with Crippen LogP contribution in [0.1, 0.15) is 74.7 Å². The van der Waals surface area contributed by atoms with Gasteiger partial charge in [-0.15, -0.1) is 0 Å². The Hall–Kier alpha value is -0.570. The highest BCUT2D eigenvalue weighted by Crippen LogP contribution is 2.45. The van der Waals surface area contributed by atoms with E-state index in [-0.39, 0.29) is 11.3 Å². The van der Waals surface area contributed by atoms with Gasteiger partial charge in [0.25, 0.3) is 0 Å². The average molecular weight is 286 g/mol. The van der Waals surface area contributed by atoms with Gasteiger partial charge < -0.3 is 4.89 Å². The fourth-order valence-corrected chi connectivity index (χ4v) is 3.13. The van der Waals surface area contributed by atoms with E-state index < -0.39 is 11.4 Å². The molecular weight excluding hydrogens is 252 g/mol. The van der Waals surface area contributed by atoms with Crippen molar-refractivity contribution in [1.29, 1.82) is 0 Å². The molecule has 0 rings (SSSR count). The lowest BCUT2D eigenvalue weighted by Crippen LogP contribution is -2.42. The van der Waals surface area contributed by atoms with E-state index in [2.05, 4.69) is 46.4 Å². The van der Waals surface area contributed by atoms with Crippen molar-refractivity contribution in [1.82, 2.24) is 0 Å². The van der Waals surface area contributed by atoms with E-state index in [1.165, 1.54) is 12.8 Å². The largest absolute Gasteiger partial charge is 0.347 e. The Morgan fingerprint density at radius 1 is 1.05 bits per heavy atom. The predicted octanol–water partition coefficient (Wildman–Crippen LogP) is 5.15. The Labute approximate surface area is 125 Å². The molecule has 0 saturated carbocycles. The smallest absolute Gasteiger partial charge is 0.300 e. The van der Waals surface area contributed by atoms with Gasteiger partial charge in [0.2, 0.25) is 0 Å². The third-order valence-electron chi connectivity index (χ3n) is 4.40. The molecule has 0 saturated heterocycles. The molecule has 120 valence electrons. The van der Waals surface area contributed by atoms with Crippen LogP contribution in [0.5, 0.6) is 0 Å². The Morgan fingerprint density at radius 2 is 1.55 bits per heavy atom. The summed E-state index contributed by atoms with van der Waals surface area (Å²) in [6.07, 6.45) is 3.36. The van der Waals surface area contributed by atoms with Gasteiger partial charge in [-0.3, -0.25) is 0 Å². The summed E-state index contributed by atoms with van der Waals surface area (Å²) in [5.74, 6) is 0.902. The molecule has 1 N–H and O–H groups in total. The zero-order valence-corrected chi connectivity index (χ0v) is 14.6. The minimum Gasteiger partial charge on any atom is -0.300 e. The SMILES string of the molecule is CC(C)CCC(C)CC(C(C)(C)C)C(C)(C)C(=O)OO. The average Bonchev–Trinajstić information content (AvgIpc) is 2.30. The molecule has 0 aromatic heterocycles. The van der Waals surface area contributed by atoms with Crippen molar-refractivity contribution in [2.45, 2.75) is 74.7 Å². The third-order valence-corrected chi connectivity index (χ3v) is 4.40. The van der Waals surface area contributed by atoms with Crippen molar-refractivity contribution >= 4 is 5.97 Å². The topological polar surface area (TPSA) is 46.5 Å². The lowest BCUT2D eigenvalue weighted by atomic mass is 9.62. The van der Waals surface area contributed by atoms with Crippen molar-refractivity contribution in [3.63, 3.8) is 0 Å². The molecule has 0 amide bonds. The summed E-state index contributed by atoms with van der Waals surface area (Å²) < 4.78 is 0. The monoisotopic (exact) mass is 286 g/mol. The molecule has 2 unspecified atom stereocenters. The summed E-state index contributed by atoms with van der Waals surface area (Å²) in [6.45, 7) is 16.9. The minimum atomic E-state index is -0.681. The van der Waals surface area contributed by atoms with Gasteiger partial charge in [0.05, 0.1) is 5.41 Å². The molecule has 0 fully saturated rings. The van der Waals surface area contributed by atoms with Crippen LogP contribution in [-0.2, 0) is 9.68 Å². The zero-order chi connectivity index (χ0) is 16.1. The lowest BCUT2D eigenvalue weighted by Gasteiger charge is -2.42. The summed E-state index contributed by atoms with van der Waals surface area (Å²) in [5.41, 5.74) is -0.692. The highest BCUT2D eigenvalue weighted by Gasteiger charge is 2.45. The summed E-state index contributed by atoms with van der Waals surface area (Å²) in [5, 5.41) is 8.75. The first kappa shape index (κ1) is 19.4. The molecule has 0 aliphatic heterocycles. The van der Waals surface area contributed by atoms with E-state index in [1.807, 2.05) is 13.8 Å². The standard InChI is InChI=1S/C17H34O3/c1-12(2)9-10-13(3)11-14(16(4,5)6)17(7,8)15(18)20-19/h12-14,19H,9-11H2,1-8H3. The molecule has 2 atom stereocenters. The summed E-state index contributed by atoms with van der Waals surface area (Å²) in [7, 11) is 0. The number of carbonyl (C=O) groups is 1. The second-order valence-electron chi connectivity index (χ2n) is 8.33. The molecule has 20 heavy (non-hydrogen) atoms. The number of hydrogen-bond acceptors (Lipinski definition) is 3. The molecular formula is C17H34O3. The first-order chi connectivity index (χ1) is 8.92. The van der Waals surface area contributed by atoms with Crippen LogP contribution in [0.3, 0.4) is 0 Å². The second kappa shape index (κ2) is 7.44. The van der Waals surface area contributed by atoms with Crippen molar-refractivity contribution in [3.8, 4) is 0 Å². The maximum absolute atomic E-state index is 11.9. The van der Waals surface area contributed by atoms with Crippen LogP contribution in [0.4, 0.5) is 0 Å². The lowest BCUT2D eigenvalue weighted by molar-refractivity contribution is -0.248. The first-order valence-electron chi connectivity index (χ1n) is 7.78. The predicted molar refractivity (Wildman–Crippen MR) is 83.3 cm³/mol. The van der Waals surface area contributed by atoms with Crippen LogP contribution in [0.25, 0.3) is 0 Å². The van der Waals surface area contributed by atoms with Crippen molar-refractivity contribution in [2.75, 3.05) is 0 Å². The number of carbonyl (C=O) groups excluding carboxylic acids is 1. The molecule has 0 aliphatic rings. The van der Waals surface area contributed by atoms with Gasteiger partial charge in [-0.2, -0.15) is 5.26 Å². The van der Waals surface area contributed by atoms with E-state index in [1.54, 1.807) is 0 Å². The number of rotatable bonds is 7. The Kier molecular flexibility index (Phi) is 7.23. The molecule has 0 aromatic rings. The highest BCUT2D eigenvalue weighted by molar-refractivity contribution is 5.75. The molecule has 0 bridgehead atoms. The first-order valence-corrected chi connectivity index (χ1v) is 7.78. The highest BCUT2D eigenvalue weighted by atomic mass is 17.1. The van der Waals surface area contributed by atoms with Crippen LogP contribution < -0.4 is 0 Å². The second-order valence-corrected chi connectivity index (χ2v) is 8.33. The van der Waals surface area contributed by atoms with Crippen molar-refractivity contribution in [3.05, 3.63) is 0 Å². The quantitative estimate of drug-likeness (QED) is 0.520. The fraction of sp³-hybridized carbons (Fsp3) is 0.941. The zero-order valence-electron chi connectivity index (χ0n) is 14.6. The fourth-order valence-electron chi connectivity index (χ4n) is 3.13. The Balaban J connectivity index is 4.96. The molecule has 0 aromatic carbocycles. The Bertz CT molecular complexity index is 300. The number of hydrogen-bond donors (Lipinski definition) is 1. The van der Waals surface area contributed by atoms with E-state index in [9.17, 15) is 4.79 Å². The van der Waals surface area contributed by atoms with Gasteiger partial charge in [0.15, 0.2) is 0 Å². The van der Waals surface area contributed by atoms with Gasteiger partial charge in [-0.05, 0) is 43.4 Å². The summed E-state index contributed by atoms with van der Waals surface area (Å²) >= 11 is 0. The normalized spacial score (nSPS) is 16.1. The van der Waals surface area contributed by atoms with Crippen LogP contribution in [0.15, 0.2) is 0 Å². The van der Waals surface area contributed by atoms with E-state index in [0.717, 1.165) is 6.42 Å². The van der Waals surface area contributed by atoms with Gasteiger partial charge in [0, 0.05) is 0 Å². The van der Waals surface area contributed by atoms with Gasteiger partial charge in [-0.1, -0.05) is 54.4 Å². The van der Waals surface area contributed by atoms with Gasteiger partial charge in [-0.25, -0.2) is 4.79 Å². The molecule has 0 radical (unpaired) electrons. The van der Waals surface area contributed by atoms with E-state index in [4.69, 9.17) is 5.26 Å². The van der Waals surface area contributed by atoms with E-state index in [0.29, 0.717) is 11.8 Å². The van der Waals surface area contributed by atoms with Crippen molar-refractivity contribution in [2.24, 2.45) is 28.6 Å². The summed E-state index contributed by atoms with van der Waals surface area (Å²) in [4.78, 5) is 15.9. The van der Waals surface area contributed by atoms with Gasteiger partial charge in [0.1, 0.15) is 0 Å².